The molecule has 37 heavy (non-hydrogen) atoms. The largest absolute Gasteiger partial charge is 0.425 e. The van der Waals surface area contributed by atoms with Crippen LogP contribution in [0.2, 0.25) is 0 Å². The highest BCUT2D eigenvalue weighted by atomic mass is 16.6. The Morgan fingerprint density at radius 1 is 0.865 bits per heavy atom. The number of aryl methyl sites for hydroxylation is 1. The predicted molar refractivity (Wildman–Crippen MR) is 144 cm³/mol. The molecule has 3 aromatic rings. The molecule has 0 aliphatic heterocycles. The van der Waals surface area contributed by atoms with Gasteiger partial charge in [0, 0.05) is 11.0 Å². The van der Waals surface area contributed by atoms with E-state index in [1.165, 1.54) is 5.56 Å². The molecule has 0 saturated carbocycles. The summed E-state index contributed by atoms with van der Waals surface area (Å²) in [6, 6.07) is 20.9. The van der Waals surface area contributed by atoms with Gasteiger partial charge in [-0.1, -0.05) is 76.7 Å². The molecule has 0 bridgehead atoms. The van der Waals surface area contributed by atoms with Crippen LogP contribution in [-0.4, -0.2) is 29.9 Å². The van der Waals surface area contributed by atoms with Gasteiger partial charge in [0.05, 0.1) is 0 Å². The lowest BCUT2D eigenvalue weighted by Crippen LogP contribution is -2.31. The lowest BCUT2D eigenvalue weighted by Gasteiger charge is -2.25. The summed E-state index contributed by atoms with van der Waals surface area (Å²) in [6.07, 6.45) is -0.221. The molecule has 0 heterocycles. The van der Waals surface area contributed by atoms with Crippen molar-refractivity contribution in [3.05, 3.63) is 84.4 Å². The molecule has 6 heteroatoms. The highest BCUT2D eigenvalue weighted by Gasteiger charge is 2.24. The molecule has 0 fully saturated rings. The van der Waals surface area contributed by atoms with Crippen LogP contribution in [0, 0.1) is 5.41 Å². The number of ether oxygens (including phenoxy) is 3. The van der Waals surface area contributed by atoms with E-state index in [4.69, 9.17) is 14.2 Å². The molecule has 3 rings (SSSR count). The van der Waals surface area contributed by atoms with Crippen LogP contribution in [0.5, 0.6) is 11.5 Å². The summed E-state index contributed by atoms with van der Waals surface area (Å²) in [5.74, 6) is -0.139. The van der Waals surface area contributed by atoms with Crippen molar-refractivity contribution in [2.75, 3.05) is 6.61 Å². The van der Waals surface area contributed by atoms with Crippen LogP contribution in [0.4, 0.5) is 0 Å². The summed E-state index contributed by atoms with van der Waals surface area (Å²) >= 11 is 0. The number of esters is 2. The van der Waals surface area contributed by atoms with Crippen LogP contribution in [0.25, 0.3) is 22.3 Å². The molecule has 0 amide bonds. The summed E-state index contributed by atoms with van der Waals surface area (Å²) in [6.45, 7) is 12.4. The number of carbonyl (C=O) groups is 2. The van der Waals surface area contributed by atoms with Gasteiger partial charge in [-0.05, 0) is 65.4 Å². The van der Waals surface area contributed by atoms with E-state index >= 15 is 0 Å². The number of carbonyl (C=O) groups excluding carboxylic acids is 2. The van der Waals surface area contributed by atoms with E-state index in [0.29, 0.717) is 17.1 Å². The smallest absolute Gasteiger partial charge is 0.338 e. The van der Waals surface area contributed by atoms with Gasteiger partial charge in [0.2, 0.25) is 0 Å². The second-order valence-corrected chi connectivity index (χ2v) is 9.95. The van der Waals surface area contributed by atoms with Gasteiger partial charge in [0.1, 0.15) is 18.1 Å². The summed E-state index contributed by atoms with van der Waals surface area (Å²) in [7, 11) is 0. The number of rotatable bonds is 9. The van der Waals surface area contributed by atoms with Crippen molar-refractivity contribution in [2.45, 2.75) is 47.3 Å². The van der Waals surface area contributed by atoms with Crippen molar-refractivity contribution >= 4 is 11.9 Å². The first-order valence-electron chi connectivity index (χ1n) is 12.2. The standard InChI is InChI=1S/C31H34O6/c1-7-21-18-24(12-17-27(21)23-10-15-26(16-11-23)37-29(33)20(2)3)22-8-13-25(14-9-22)36-28(32)19-35-30(34)31(4,5)6/h8-18,30,34H,2,7,19H2,1,3-6H3. The van der Waals surface area contributed by atoms with Crippen LogP contribution in [0.3, 0.4) is 0 Å². The minimum Gasteiger partial charge on any atom is -0.425 e. The van der Waals surface area contributed by atoms with Crippen molar-refractivity contribution in [1.29, 1.82) is 0 Å². The molecule has 0 aromatic heterocycles. The molecule has 0 spiro atoms. The van der Waals surface area contributed by atoms with E-state index in [-0.39, 0.29) is 6.61 Å². The second kappa shape index (κ2) is 12.0. The first kappa shape index (κ1) is 27.8. The molecule has 1 atom stereocenters. The van der Waals surface area contributed by atoms with Gasteiger partial charge in [0.15, 0.2) is 6.29 Å². The SMILES string of the molecule is C=C(C)C(=O)Oc1ccc(-c2ccc(-c3ccc(OC(=O)COC(O)C(C)(C)C)cc3)cc2CC)cc1. The van der Waals surface area contributed by atoms with E-state index in [1.807, 2.05) is 51.1 Å². The normalized spacial score (nSPS) is 12.1. The molecular formula is C31H34O6. The Labute approximate surface area is 218 Å². The van der Waals surface area contributed by atoms with Crippen LogP contribution < -0.4 is 9.47 Å². The van der Waals surface area contributed by atoms with Gasteiger partial charge < -0.3 is 19.3 Å². The molecule has 0 radical (unpaired) electrons. The van der Waals surface area contributed by atoms with Gasteiger partial charge in [-0.15, -0.1) is 0 Å². The number of hydrogen-bond acceptors (Lipinski definition) is 6. The van der Waals surface area contributed by atoms with Crippen LogP contribution in [0.1, 0.15) is 40.2 Å². The third kappa shape index (κ3) is 7.62. The van der Waals surface area contributed by atoms with Crippen LogP contribution in [0.15, 0.2) is 78.9 Å². The average Bonchev–Trinajstić information content (AvgIpc) is 2.87. The van der Waals surface area contributed by atoms with Gasteiger partial charge in [-0.3, -0.25) is 0 Å². The summed E-state index contributed by atoms with van der Waals surface area (Å²) in [5, 5.41) is 9.91. The van der Waals surface area contributed by atoms with Crippen molar-refractivity contribution in [3.63, 3.8) is 0 Å². The number of aliphatic hydroxyl groups excluding tert-OH is 1. The molecule has 6 nitrogen and oxygen atoms in total. The third-order valence-electron chi connectivity index (χ3n) is 5.73. The predicted octanol–water partition coefficient (Wildman–Crippen LogP) is 6.35. The summed E-state index contributed by atoms with van der Waals surface area (Å²) in [5.41, 5.74) is 5.20. The highest BCUT2D eigenvalue weighted by molar-refractivity contribution is 5.88. The molecule has 194 valence electrons. The Balaban J connectivity index is 1.69. The zero-order chi connectivity index (χ0) is 27.2. The minimum atomic E-state index is -1.06. The number of benzene rings is 3. The van der Waals surface area contributed by atoms with Crippen LogP contribution >= 0.6 is 0 Å². The molecular weight excluding hydrogens is 468 g/mol. The topological polar surface area (TPSA) is 82.1 Å². The van der Waals surface area contributed by atoms with Gasteiger partial charge >= 0.3 is 11.9 Å². The third-order valence-corrected chi connectivity index (χ3v) is 5.73. The van der Waals surface area contributed by atoms with E-state index in [1.54, 1.807) is 31.2 Å². The first-order valence-corrected chi connectivity index (χ1v) is 12.2. The van der Waals surface area contributed by atoms with E-state index in [2.05, 4.69) is 25.6 Å². The highest BCUT2D eigenvalue weighted by Crippen LogP contribution is 2.31. The molecule has 0 aliphatic rings. The minimum absolute atomic E-state index is 0.335. The van der Waals surface area contributed by atoms with Crippen molar-refractivity contribution < 1.29 is 28.9 Å². The number of hydrogen-bond donors (Lipinski definition) is 1. The molecule has 0 aliphatic carbocycles. The maximum absolute atomic E-state index is 12.1. The van der Waals surface area contributed by atoms with Crippen molar-refractivity contribution in [1.82, 2.24) is 0 Å². The molecule has 1 unspecified atom stereocenters. The second-order valence-electron chi connectivity index (χ2n) is 9.95. The fourth-order valence-electron chi connectivity index (χ4n) is 3.52. The molecule has 3 aromatic carbocycles. The van der Waals surface area contributed by atoms with E-state index < -0.39 is 23.6 Å². The van der Waals surface area contributed by atoms with Gasteiger partial charge in [-0.25, -0.2) is 9.59 Å². The summed E-state index contributed by atoms with van der Waals surface area (Å²) < 4.78 is 15.8. The van der Waals surface area contributed by atoms with Crippen molar-refractivity contribution in [3.8, 4) is 33.8 Å². The first-order chi connectivity index (χ1) is 17.5. The Morgan fingerprint density at radius 3 is 1.95 bits per heavy atom. The van der Waals surface area contributed by atoms with Crippen molar-refractivity contribution in [2.24, 2.45) is 5.41 Å². The van der Waals surface area contributed by atoms with Crippen LogP contribution in [-0.2, 0) is 20.7 Å². The van der Waals surface area contributed by atoms with E-state index in [9.17, 15) is 14.7 Å². The monoisotopic (exact) mass is 502 g/mol. The number of aliphatic hydroxyl groups is 1. The summed E-state index contributed by atoms with van der Waals surface area (Å²) in [4.78, 5) is 23.8. The quantitative estimate of drug-likeness (QED) is 0.159. The molecule has 0 saturated heterocycles. The maximum Gasteiger partial charge on any atom is 0.338 e. The fourth-order valence-corrected chi connectivity index (χ4v) is 3.52. The lowest BCUT2D eigenvalue weighted by atomic mass is 9.93. The fraction of sp³-hybridized carbons (Fsp3) is 0.290. The maximum atomic E-state index is 12.1. The Bertz CT molecular complexity index is 1250. The van der Waals surface area contributed by atoms with Gasteiger partial charge in [0.25, 0.3) is 0 Å². The van der Waals surface area contributed by atoms with Gasteiger partial charge in [-0.2, -0.15) is 0 Å². The zero-order valence-electron chi connectivity index (χ0n) is 22.0. The average molecular weight is 503 g/mol. The Kier molecular flexibility index (Phi) is 9.03. The Hall–Kier alpha value is -3.74. The van der Waals surface area contributed by atoms with E-state index in [0.717, 1.165) is 28.7 Å². The lowest BCUT2D eigenvalue weighted by molar-refractivity contribution is -0.175. The molecule has 1 N–H and O–H groups in total. The Morgan fingerprint density at radius 2 is 1.41 bits per heavy atom. The zero-order valence-corrected chi connectivity index (χ0v) is 22.0.